The van der Waals surface area contributed by atoms with E-state index in [2.05, 4.69) is 11.1 Å². The van der Waals surface area contributed by atoms with Crippen molar-refractivity contribution in [1.29, 1.82) is 0 Å². The monoisotopic (exact) mass is 152 g/mol. The summed E-state index contributed by atoms with van der Waals surface area (Å²) in [7, 11) is 1.33. The van der Waals surface area contributed by atoms with Gasteiger partial charge >= 0.3 is 5.92 Å². The first kappa shape index (κ1) is 9.29. The molecule has 1 unspecified atom stereocenters. The molecule has 5 heteroatoms. The third kappa shape index (κ3) is 1.63. The summed E-state index contributed by atoms with van der Waals surface area (Å²) >= 11 is 0. The number of alkyl halides is 2. The van der Waals surface area contributed by atoms with Crippen molar-refractivity contribution in [3.63, 3.8) is 0 Å². The Hall–Kier alpha value is -0.710. The zero-order valence-corrected chi connectivity index (χ0v) is 5.82. The van der Waals surface area contributed by atoms with Crippen LogP contribution < -0.4 is 11.1 Å². The van der Waals surface area contributed by atoms with E-state index in [1.165, 1.54) is 14.0 Å². The van der Waals surface area contributed by atoms with Gasteiger partial charge in [0.1, 0.15) is 0 Å². The zero-order chi connectivity index (χ0) is 8.36. The van der Waals surface area contributed by atoms with E-state index < -0.39 is 17.9 Å². The Balaban J connectivity index is 4.23. The second-order valence-electron chi connectivity index (χ2n) is 2.00. The van der Waals surface area contributed by atoms with Gasteiger partial charge in [-0.15, -0.1) is 0 Å². The van der Waals surface area contributed by atoms with Gasteiger partial charge in [0.05, 0.1) is 6.04 Å². The largest absolute Gasteiger partial charge is 0.364 e. The Morgan fingerprint density at radius 1 is 1.70 bits per heavy atom. The van der Waals surface area contributed by atoms with Gasteiger partial charge in [-0.05, 0) is 14.0 Å². The van der Waals surface area contributed by atoms with E-state index in [0.29, 0.717) is 0 Å². The third-order valence-electron chi connectivity index (χ3n) is 1.31. The van der Waals surface area contributed by atoms with E-state index in [1.54, 1.807) is 0 Å². The van der Waals surface area contributed by atoms with Crippen LogP contribution in [0.2, 0.25) is 0 Å². The van der Waals surface area contributed by atoms with Crippen LogP contribution in [0.1, 0.15) is 6.92 Å². The number of rotatable bonds is 3. The summed E-state index contributed by atoms with van der Waals surface area (Å²) < 4.78 is 24.8. The van der Waals surface area contributed by atoms with Crippen molar-refractivity contribution >= 4 is 5.91 Å². The maximum atomic E-state index is 12.4. The van der Waals surface area contributed by atoms with Gasteiger partial charge in [-0.25, -0.2) is 0 Å². The predicted octanol–water partition coefficient (Wildman–Crippen LogP) is -0.285. The SMILES string of the molecule is CNC(C)C(F)(F)C(N)=O. The smallest absolute Gasteiger partial charge is 0.338 e. The fourth-order valence-corrected chi connectivity index (χ4v) is 0.395. The lowest BCUT2D eigenvalue weighted by Crippen LogP contribution is -2.50. The number of hydrogen-bond donors (Lipinski definition) is 2. The normalized spacial score (nSPS) is 14.8. The Morgan fingerprint density at radius 2 is 2.10 bits per heavy atom. The number of nitrogens with one attached hydrogen (secondary N) is 1. The minimum atomic E-state index is -3.46. The van der Waals surface area contributed by atoms with E-state index >= 15 is 0 Å². The van der Waals surface area contributed by atoms with E-state index in [0.717, 1.165) is 0 Å². The number of hydrogen-bond acceptors (Lipinski definition) is 2. The maximum absolute atomic E-state index is 12.4. The molecule has 0 radical (unpaired) electrons. The minimum absolute atomic E-state index is 1.19. The standard InChI is InChI=1S/C5H10F2N2O/c1-3(9-2)5(6,7)4(8)10/h3,9H,1-2H3,(H2,8,10). The second-order valence-corrected chi connectivity index (χ2v) is 2.00. The molecule has 0 saturated heterocycles. The van der Waals surface area contributed by atoms with Crippen molar-refractivity contribution < 1.29 is 13.6 Å². The van der Waals surface area contributed by atoms with Gasteiger partial charge in [0.15, 0.2) is 0 Å². The average molecular weight is 152 g/mol. The van der Waals surface area contributed by atoms with Gasteiger partial charge in [0, 0.05) is 0 Å². The summed E-state index contributed by atoms with van der Waals surface area (Å²) in [5.74, 6) is -5.07. The van der Waals surface area contributed by atoms with Crippen LogP contribution >= 0.6 is 0 Å². The molecule has 0 aromatic rings. The molecule has 1 amide bonds. The van der Waals surface area contributed by atoms with E-state index in [1.807, 2.05) is 0 Å². The van der Waals surface area contributed by atoms with Crippen molar-refractivity contribution in [2.75, 3.05) is 7.05 Å². The van der Waals surface area contributed by atoms with Gasteiger partial charge in [-0.3, -0.25) is 4.79 Å². The number of primary amides is 1. The Kier molecular flexibility index (Phi) is 2.71. The maximum Gasteiger partial charge on any atom is 0.338 e. The molecule has 1 atom stereocenters. The fraction of sp³-hybridized carbons (Fsp3) is 0.800. The van der Waals surface area contributed by atoms with Gasteiger partial charge < -0.3 is 11.1 Å². The van der Waals surface area contributed by atoms with E-state index in [9.17, 15) is 13.6 Å². The lowest BCUT2D eigenvalue weighted by Gasteiger charge is -2.18. The van der Waals surface area contributed by atoms with E-state index in [4.69, 9.17) is 0 Å². The highest BCUT2D eigenvalue weighted by Gasteiger charge is 2.41. The number of amides is 1. The molecule has 0 saturated carbocycles. The zero-order valence-electron chi connectivity index (χ0n) is 5.82. The number of nitrogens with two attached hydrogens (primary N) is 1. The van der Waals surface area contributed by atoms with Gasteiger partial charge in [0.25, 0.3) is 5.91 Å². The summed E-state index contributed by atoms with van der Waals surface area (Å²) in [6.07, 6.45) is 0. The molecular formula is C5H10F2N2O. The minimum Gasteiger partial charge on any atom is -0.364 e. The topological polar surface area (TPSA) is 55.1 Å². The summed E-state index contributed by atoms with van der Waals surface area (Å²) in [5.41, 5.74) is 4.42. The fourth-order valence-electron chi connectivity index (χ4n) is 0.395. The van der Waals surface area contributed by atoms with Crippen LogP contribution in [0, 0.1) is 0 Å². The third-order valence-corrected chi connectivity index (χ3v) is 1.31. The van der Waals surface area contributed by atoms with Gasteiger partial charge in [-0.2, -0.15) is 8.78 Å². The molecule has 0 aliphatic rings. The van der Waals surface area contributed by atoms with Crippen molar-refractivity contribution in [2.45, 2.75) is 18.9 Å². The molecule has 3 N–H and O–H groups in total. The second kappa shape index (κ2) is 2.92. The Morgan fingerprint density at radius 3 is 2.20 bits per heavy atom. The lowest BCUT2D eigenvalue weighted by atomic mass is 10.2. The molecule has 0 bridgehead atoms. The number of carbonyl (C=O) groups is 1. The number of carbonyl (C=O) groups excluding carboxylic acids is 1. The summed E-state index contributed by atoms with van der Waals surface area (Å²) in [6.45, 7) is 1.19. The van der Waals surface area contributed by atoms with Crippen LogP contribution in [0.4, 0.5) is 8.78 Å². The van der Waals surface area contributed by atoms with Crippen molar-refractivity contribution in [1.82, 2.24) is 5.32 Å². The van der Waals surface area contributed by atoms with Crippen LogP contribution in [0.5, 0.6) is 0 Å². The quantitative estimate of drug-likeness (QED) is 0.584. The van der Waals surface area contributed by atoms with Crippen LogP contribution in [-0.4, -0.2) is 24.9 Å². The molecule has 0 aromatic carbocycles. The van der Waals surface area contributed by atoms with Crippen LogP contribution in [0.3, 0.4) is 0 Å². The molecule has 0 fully saturated rings. The highest BCUT2D eigenvalue weighted by atomic mass is 19.3. The first-order valence-corrected chi connectivity index (χ1v) is 2.78. The Labute approximate surface area is 57.6 Å². The van der Waals surface area contributed by atoms with Crippen molar-refractivity contribution in [3.05, 3.63) is 0 Å². The molecule has 10 heavy (non-hydrogen) atoms. The lowest BCUT2D eigenvalue weighted by molar-refractivity contribution is -0.145. The predicted molar refractivity (Wildman–Crippen MR) is 32.7 cm³/mol. The Bertz CT molecular complexity index is 138. The molecule has 3 nitrogen and oxygen atoms in total. The highest BCUT2D eigenvalue weighted by molar-refractivity contribution is 5.82. The molecule has 0 aliphatic heterocycles. The molecule has 0 aliphatic carbocycles. The highest BCUT2D eigenvalue weighted by Crippen LogP contribution is 2.16. The van der Waals surface area contributed by atoms with Crippen LogP contribution in [0.15, 0.2) is 0 Å². The molecule has 0 rings (SSSR count). The van der Waals surface area contributed by atoms with Crippen LogP contribution in [-0.2, 0) is 4.79 Å². The van der Waals surface area contributed by atoms with Gasteiger partial charge in [-0.1, -0.05) is 0 Å². The van der Waals surface area contributed by atoms with E-state index in [-0.39, 0.29) is 0 Å². The van der Waals surface area contributed by atoms with Crippen molar-refractivity contribution in [3.8, 4) is 0 Å². The molecule has 60 valence electrons. The van der Waals surface area contributed by atoms with Gasteiger partial charge in [0.2, 0.25) is 0 Å². The molecule has 0 aromatic heterocycles. The molecule has 0 spiro atoms. The first-order valence-electron chi connectivity index (χ1n) is 2.78. The molecular weight excluding hydrogens is 142 g/mol. The molecule has 0 heterocycles. The first-order chi connectivity index (χ1) is 4.42. The average Bonchev–Trinajstić information content (AvgIpc) is 1.86. The summed E-state index contributed by atoms with van der Waals surface area (Å²) in [4.78, 5) is 10.1. The van der Waals surface area contributed by atoms with Crippen molar-refractivity contribution in [2.24, 2.45) is 5.73 Å². The summed E-state index contributed by atoms with van der Waals surface area (Å²) in [6, 6.07) is -1.22. The van der Waals surface area contributed by atoms with Crippen LogP contribution in [0.25, 0.3) is 0 Å². The number of halogens is 2. The summed E-state index contributed by atoms with van der Waals surface area (Å²) in [5, 5.41) is 2.24.